The van der Waals surface area contributed by atoms with Crippen molar-refractivity contribution in [2.75, 3.05) is 12.4 Å². The third-order valence-electron chi connectivity index (χ3n) is 4.78. The quantitative estimate of drug-likeness (QED) is 0.366. The molecule has 0 unspecified atom stereocenters. The van der Waals surface area contributed by atoms with Gasteiger partial charge in [0.1, 0.15) is 5.56 Å². The molecule has 0 fully saturated rings. The van der Waals surface area contributed by atoms with Crippen LogP contribution in [-0.2, 0) is 0 Å². The van der Waals surface area contributed by atoms with E-state index in [-0.39, 0.29) is 16.4 Å². The number of nitro benzene ring substituents is 1. The van der Waals surface area contributed by atoms with Crippen LogP contribution in [0, 0.1) is 30.9 Å². The van der Waals surface area contributed by atoms with Gasteiger partial charge in [-0.25, -0.2) is 4.98 Å². The van der Waals surface area contributed by atoms with Gasteiger partial charge in [0.05, 0.1) is 23.8 Å². The van der Waals surface area contributed by atoms with Crippen molar-refractivity contribution in [1.82, 2.24) is 4.98 Å². The van der Waals surface area contributed by atoms with Crippen molar-refractivity contribution in [2.45, 2.75) is 27.4 Å². The molecule has 0 radical (unpaired) electrons. The van der Waals surface area contributed by atoms with Crippen molar-refractivity contribution in [3.05, 3.63) is 62.0 Å². The highest BCUT2D eigenvalue weighted by molar-refractivity contribution is 7.14. The van der Waals surface area contributed by atoms with E-state index in [9.17, 15) is 23.7 Å². The number of nitrogens with one attached hydrogen (secondary N) is 1. The van der Waals surface area contributed by atoms with Crippen LogP contribution in [0.3, 0.4) is 0 Å². The number of amides is 1. The van der Waals surface area contributed by atoms with E-state index in [0.717, 1.165) is 45.7 Å². The highest BCUT2D eigenvalue weighted by Crippen LogP contribution is 2.36. The number of carbonyl (C=O) groups is 1. The number of alkyl halides is 2. The van der Waals surface area contributed by atoms with Crippen LogP contribution in [0.15, 0.2) is 29.6 Å². The smallest absolute Gasteiger partial charge is 0.387 e. The summed E-state index contributed by atoms with van der Waals surface area (Å²) in [6, 6.07) is 5.75. The minimum Gasteiger partial charge on any atom is -0.493 e. The number of aryl methyl sites for hydroxylation is 3. The van der Waals surface area contributed by atoms with E-state index in [1.54, 1.807) is 5.38 Å². The van der Waals surface area contributed by atoms with Crippen LogP contribution in [0.5, 0.6) is 11.5 Å². The Kier molecular flexibility index (Phi) is 6.68. The first kappa shape index (κ1) is 23.1. The molecule has 0 spiro atoms. The summed E-state index contributed by atoms with van der Waals surface area (Å²) in [5.41, 5.74) is 3.73. The number of carbonyl (C=O) groups excluding carboxylic acids is 1. The molecule has 8 nitrogen and oxygen atoms in total. The molecule has 0 aliphatic carbocycles. The molecular weight excluding hydrogens is 444 g/mol. The van der Waals surface area contributed by atoms with Gasteiger partial charge in [-0.1, -0.05) is 6.07 Å². The van der Waals surface area contributed by atoms with Crippen molar-refractivity contribution in [3.63, 3.8) is 0 Å². The molecule has 1 amide bonds. The second-order valence-corrected chi connectivity index (χ2v) is 7.76. The third-order valence-corrected chi connectivity index (χ3v) is 5.54. The fraction of sp³-hybridized carbons (Fsp3) is 0.238. The molecule has 168 valence electrons. The van der Waals surface area contributed by atoms with Crippen molar-refractivity contribution in [2.24, 2.45) is 0 Å². The van der Waals surface area contributed by atoms with Gasteiger partial charge in [-0.05, 0) is 43.5 Å². The second kappa shape index (κ2) is 9.27. The third kappa shape index (κ3) is 4.83. The van der Waals surface area contributed by atoms with Crippen molar-refractivity contribution in [3.8, 4) is 22.8 Å². The molecule has 3 rings (SSSR count). The number of nitrogens with zero attached hydrogens (tertiary/aromatic N) is 2. The average Bonchev–Trinajstić information content (AvgIpc) is 3.17. The first-order valence-corrected chi connectivity index (χ1v) is 10.1. The van der Waals surface area contributed by atoms with Gasteiger partial charge in [0.2, 0.25) is 0 Å². The van der Waals surface area contributed by atoms with Gasteiger partial charge in [0.25, 0.3) is 11.6 Å². The number of nitro groups is 1. The van der Waals surface area contributed by atoms with Gasteiger partial charge in [0.15, 0.2) is 16.6 Å². The van der Waals surface area contributed by atoms with Gasteiger partial charge in [-0.15, -0.1) is 11.3 Å². The Balaban J connectivity index is 1.92. The molecule has 0 atom stereocenters. The number of rotatable bonds is 7. The summed E-state index contributed by atoms with van der Waals surface area (Å²) >= 11 is 1.15. The summed E-state index contributed by atoms with van der Waals surface area (Å²) in [6.45, 7) is 2.74. The number of methoxy groups -OCH3 is 1. The SMILES string of the molecule is COc1cc(C(=O)Nc2nc(-c3cc(C)c(C)cc3C)cs2)c([N+](=O)[O-])cc1OC(F)F. The Bertz CT molecular complexity index is 1200. The maximum atomic E-state index is 12.8. The first-order valence-electron chi connectivity index (χ1n) is 9.27. The second-order valence-electron chi connectivity index (χ2n) is 6.90. The molecule has 2 aromatic carbocycles. The predicted molar refractivity (Wildman–Crippen MR) is 116 cm³/mol. The number of anilines is 1. The number of benzene rings is 2. The zero-order chi connectivity index (χ0) is 23.6. The minimum atomic E-state index is -3.22. The lowest BCUT2D eigenvalue weighted by molar-refractivity contribution is -0.385. The van der Waals surface area contributed by atoms with Crippen LogP contribution >= 0.6 is 11.3 Å². The summed E-state index contributed by atoms with van der Waals surface area (Å²) in [5.74, 6) is -1.63. The van der Waals surface area contributed by atoms with Gasteiger partial charge in [0, 0.05) is 17.0 Å². The standard InChI is InChI=1S/C21H19F2N3O5S/c1-10-5-12(3)13(6-11(10)2)15-9-32-21(24-15)25-19(27)14-7-17(30-4)18(31-20(22)23)8-16(14)26(28)29/h5-9,20H,1-4H3,(H,24,25,27). The van der Waals surface area contributed by atoms with E-state index in [1.807, 2.05) is 32.9 Å². The monoisotopic (exact) mass is 463 g/mol. The number of hydrogen-bond acceptors (Lipinski definition) is 7. The van der Waals surface area contributed by atoms with Gasteiger partial charge < -0.3 is 9.47 Å². The number of ether oxygens (including phenoxy) is 2. The molecule has 0 saturated heterocycles. The van der Waals surface area contributed by atoms with Crippen LogP contribution in [0.4, 0.5) is 19.6 Å². The molecule has 0 aliphatic rings. The Morgan fingerprint density at radius 1 is 1.12 bits per heavy atom. The highest BCUT2D eigenvalue weighted by atomic mass is 32.1. The van der Waals surface area contributed by atoms with Crippen LogP contribution in [-0.4, -0.2) is 29.5 Å². The molecule has 1 heterocycles. The summed E-state index contributed by atoms with van der Waals surface area (Å²) < 4.78 is 34.4. The first-order chi connectivity index (χ1) is 15.1. The molecule has 1 N–H and O–H groups in total. The molecule has 0 aliphatic heterocycles. The molecule has 3 aromatic rings. The van der Waals surface area contributed by atoms with E-state index in [2.05, 4.69) is 15.0 Å². The van der Waals surface area contributed by atoms with Crippen LogP contribution in [0.1, 0.15) is 27.0 Å². The lowest BCUT2D eigenvalue weighted by Gasteiger charge is -2.11. The Labute approximate surface area is 186 Å². The molecule has 0 bridgehead atoms. The van der Waals surface area contributed by atoms with Crippen LogP contribution < -0.4 is 14.8 Å². The lowest BCUT2D eigenvalue weighted by Crippen LogP contribution is -2.15. The molecule has 32 heavy (non-hydrogen) atoms. The minimum absolute atomic E-state index is 0.226. The van der Waals surface area contributed by atoms with E-state index in [1.165, 1.54) is 7.11 Å². The fourth-order valence-corrected chi connectivity index (χ4v) is 3.79. The Hall–Kier alpha value is -3.60. The van der Waals surface area contributed by atoms with E-state index >= 15 is 0 Å². The summed E-state index contributed by atoms with van der Waals surface area (Å²) in [5, 5.41) is 15.9. The topological polar surface area (TPSA) is 104 Å². The maximum Gasteiger partial charge on any atom is 0.387 e. The number of thiazole rings is 1. The lowest BCUT2D eigenvalue weighted by atomic mass is 9.99. The maximum absolute atomic E-state index is 12.8. The van der Waals surface area contributed by atoms with Gasteiger partial charge in [-0.2, -0.15) is 8.78 Å². The van der Waals surface area contributed by atoms with Crippen molar-refractivity contribution >= 4 is 28.1 Å². The van der Waals surface area contributed by atoms with Crippen molar-refractivity contribution < 1.29 is 28.0 Å². The van der Waals surface area contributed by atoms with E-state index in [4.69, 9.17) is 4.74 Å². The Morgan fingerprint density at radius 2 is 1.81 bits per heavy atom. The van der Waals surface area contributed by atoms with Crippen LogP contribution in [0.2, 0.25) is 0 Å². The van der Waals surface area contributed by atoms with Gasteiger partial charge in [-0.3, -0.25) is 20.2 Å². The zero-order valence-electron chi connectivity index (χ0n) is 17.6. The Morgan fingerprint density at radius 3 is 2.44 bits per heavy atom. The molecule has 0 saturated carbocycles. The largest absolute Gasteiger partial charge is 0.493 e. The molecular formula is C21H19F2N3O5S. The predicted octanol–water partition coefficient (Wildman–Crippen LogP) is 5.51. The fourth-order valence-electron chi connectivity index (χ4n) is 3.09. The number of halogens is 2. The zero-order valence-corrected chi connectivity index (χ0v) is 18.4. The van der Waals surface area contributed by atoms with Crippen LogP contribution in [0.25, 0.3) is 11.3 Å². The highest BCUT2D eigenvalue weighted by Gasteiger charge is 2.26. The molecule has 1 aromatic heterocycles. The normalized spacial score (nSPS) is 10.8. The summed E-state index contributed by atoms with van der Waals surface area (Å²) in [4.78, 5) is 27.7. The number of hydrogen-bond donors (Lipinski definition) is 1. The van der Waals surface area contributed by atoms with E-state index in [0.29, 0.717) is 5.69 Å². The number of aromatic nitrogens is 1. The summed E-state index contributed by atoms with van der Waals surface area (Å²) in [7, 11) is 1.17. The van der Waals surface area contributed by atoms with Crippen molar-refractivity contribution in [1.29, 1.82) is 0 Å². The molecule has 11 heteroatoms. The van der Waals surface area contributed by atoms with E-state index < -0.39 is 28.9 Å². The van der Waals surface area contributed by atoms with Gasteiger partial charge >= 0.3 is 6.61 Å². The summed E-state index contributed by atoms with van der Waals surface area (Å²) in [6.07, 6.45) is 0. The average molecular weight is 463 g/mol.